The number of nitrogens with zero attached hydrogens (tertiary/aromatic N) is 2. The smallest absolute Gasteiger partial charge is 0.222 e. The zero-order chi connectivity index (χ0) is 15.9. The van der Waals surface area contributed by atoms with Gasteiger partial charge < -0.3 is 9.64 Å². The van der Waals surface area contributed by atoms with Gasteiger partial charge in [-0.05, 0) is 43.0 Å². The summed E-state index contributed by atoms with van der Waals surface area (Å²) in [6.45, 7) is 6.98. The molecule has 0 aromatic carbocycles. The summed E-state index contributed by atoms with van der Waals surface area (Å²) in [4.78, 5) is 18.3. The summed E-state index contributed by atoms with van der Waals surface area (Å²) in [5.41, 5.74) is 0. The number of hydrogen-bond donors (Lipinski definition) is 0. The monoisotopic (exact) mass is 336 g/mol. The Kier molecular flexibility index (Phi) is 6.48. The SMILES string of the molecule is O=C(CCCc1cccs1)N1CCC(CN2CCOCC2)CC1. The Morgan fingerprint density at radius 3 is 2.70 bits per heavy atom. The summed E-state index contributed by atoms with van der Waals surface area (Å²) in [5, 5.41) is 2.11. The maximum atomic E-state index is 12.3. The Morgan fingerprint density at radius 2 is 2.00 bits per heavy atom. The minimum atomic E-state index is 0.353. The van der Waals surface area contributed by atoms with Gasteiger partial charge in [0.05, 0.1) is 13.2 Å². The van der Waals surface area contributed by atoms with Crippen LogP contribution in [-0.2, 0) is 16.0 Å². The number of amides is 1. The molecule has 0 radical (unpaired) electrons. The number of carbonyl (C=O) groups is 1. The van der Waals surface area contributed by atoms with Crippen molar-refractivity contribution < 1.29 is 9.53 Å². The molecule has 3 heterocycles. The van der Waals surface area contributed by atoms with Gasteiger partial charge in [0, 0.05) is 44.0 Å². The molecular weight excluding hydrogens is 308 g/mol. The number of ether oxygens (including phenoxy) is 1. The maximum absolute atomic E-state index is 12.3. The quantitative estimate of drug-likeness (QED) is 0.801. The molecule has 2 aliphatic heterocycles. The molecule has 2 saturated heterocycles. The van der Waals surface area contributed by atoms with E-state index in [-0.39, 0.29) is 0 Å². The Balaban J connectivity index is 1.32. The van der Waals surface area contributed by atoms with Crippen molar-refractivity contribution in [2.75, 3.05) is 45.9 Å². The van der Waals surface area contributed by atoms with Crippen molar-refractivity contribution >= 4 is 17.2 Å². The van der Waals surface area contributed by atoms with Gasteiger partial charge in [0.25, 0.3) is 0 Å². The van der Waals surface area contributed by atoms with E-state index < -0.39 is 0 Å². The predicted molar refractivity (Wildman–Crippen MR) is 93.8 cm³/mol. The minimum absolute atomic E-state index is 0.353. The molecule has 2 fully saturated rings. The molecule has 128 valence electrons. The first-order chi connectivity index (χ1) is 11.3. The number of aryl methyl sites for hydroxylation is 1. The van der Waals surface area contributed by atoms with Gasteiger partial charge in [0.1, 0.15) is 0 Å². The fourth-order valence-corrected chi connectivity index (χ4v) is 4.29. The molecule has 0 saturated carbocycles. The van der Waals surface area contributed by atoms with Gasteiger partial charge in [0.15, 0.2) is 0 Å². The first-order valence-corrected chi connectivity index (χ1v) is 9.79. The van der Waals surface area contributed by atoms with Crippen molar-refractivity contribution in [2.24, 2.45) is 5.92 Å². The third-order valence-electron chi connectivity index (χ3n) is 4.98. The lowest BCUT2D eigenvalue weighted by atomic mass is 9.95. The van der Waals surface area contributed by atoms with Crippen LogP contribution in [0.25, 0.3) is 0 Å². The van der Waals surface area contributed by atoms with E-state index in [2.05, 4.69) is 27.3 Å². The summed E-state index contributed by atoms with van der Waals surface area (Å²) in [7, 11) is 0. The second-order valence-corrected chi connectivity index (χ2v) is 7.70. The van der Waals surface area contributed by atoms with Crippen LogP contribution in [0, 0.1) is 5.92 Å². The van der Waals surface area contributed by atoms with E-state index in [1.54, 1.807) is 11.3 Å². The van der Waals surface area contributed by atoms with Gasteiger partial charge in [0.2, 0.25) is 5.91 Å². The molecule has 0 N–H and O–H groups in total. The molecule has 0 atom stereocenters. The number of morpholine rings is 1. The number of piperidine rings is 1. The molecule has 0 spiro atoms. The summed E-state index contributed by atoms with van der Waals surface area (Å²) in [6, 6.07) is 4.24. The van der Waals surface area contributed by atoms with Gasteiger partial charge in [-0.15, -0.1) is 11.3 Å². The number of likely N-dealkylation sites (tertiary alicyclic amines) is 1. The van der Waals surface area contributed by atoms with Crippen LogP contribution in [0.3, 0.4) is 0 Å². The van der Waals surface area contributed by atoms with Gasteiger partial charge >= 0.3 is 0 Å². The molecule has 3 rings (SSSR count). The Hall–Kier alpha value is -0.910. The molecule has 2 aliphatic rings. The van der Waals surface area contributed by atoms with E-state index in [4.69, 9.17) is 4.74 Å². The lowest BCUT2D eigenvalue weighted by Crippen LogP contribution is -2.44. The lowest BCUT2D eigenvalue weighted by molar-refractivity contribution is -0.132. The van der Waals surface area contributed by atoms with E-state index in [9.17, 15) is 4.79 Å². The highest BCUT2D eigenvalue weighted by molar-refractivity contribution is 7.09. The third-order valence-corrected chi connectivity index (χ3v) is 5.92. The molecule has 0 aliphatic carbocycles. The molecule has 1 aromatic heterocycles. The van der Waals surface area contributed by atoms with E-state index in [1.807, 2.05) is 0 Å². The number of thiophene rings is 1. The highest BCUT2D eigenvalue weighted by Crippen LogP contribution is 2.20. The summed E-state index contributed by atoms with van der Waals surface area (Å²) in [6.07, 6.45) is 5.04. The molecule has 5 heteroatoms. The topological polar surface area (TPSA) is 32.8 Å². The van der Waals surface area contributed by atoms with Crippen LogP contribution in [0.1, 0.15) is 30.6 Å². The predicted octanol–water partition coefficient (Wildman–Crippen LogP) is 2.64. The van der Waals surface area contributed by atoms with Crippen LogP contribution in [0.5, 0.6) is 0 Å². The number of carbonyl (C=O) groups excluding carboxylic acids is 1. The highest BCUT2D eigenvalue weighted by Gasteiger charge is 2.24. The first-order valence-electron chi connectivity index (χ1n) is 8.91. The Labute approximate surface area is 143 Å². The number of rotatable bonds is 6. The first kappa shape index (κ1) is 16.9. The van der Waals surface area contributed by atoms with Crippen LogP contribution in [0.15, 0.2) is 17.5 Å². The van der Waals surface area contributed by atoms with Crippen molar-refractivity contribution in [2.45, 2.75) is 32.1 Å². The minimum Gasteiger partial charge on any atom is -0.379 e. The van der Waals surface area contributed by atoms with E-state index >= 15 is 0 Å². The molecular formula is C18H28N2O2S. The van der Waals surface area contributed by atoms with Crippen LogP contribution in [0.2, 0.25) is 0 Å². The molecule has 1 aromatic rings. The van der Waals surface area contributed by atoms with E-state index in [0.29, 0.717) is 12.3 Å². The van der Waals surface area contributed by atoms with Crippen molar-refractivity contribution in [1.29, 1.82) is 0 Å². The van der Waals surface area contributed by atoms with Crippen molar-refractivity contribution in [3.8, 4) is 0 Å². The second kappa shape index (κ2) is 8.81. The zero-order valence-corrected chi connectivity index (χ0v) is 14.7. The van der Waals surface area contributed by atoms with Crippen LogP contribution in [0.4, 0.5) is 0 Å². The standard InChI is InChI=1S/C18H28N2O2S/c21-18(5-1-3-17-4-2-14-23-17)20-8-6-16(7-9-20)15-19-10-12-22-13-11-19/h2,4,14,16H,1,3,5-13,15H2. The second-order valence-electron chi connectivity index (χ2n) is 6.67. The van der Waals surface area contributed by atoms with Crippen LogP contribution in [-0.4, -0.2) is 61.6 Å². The van der Waals surface area contributed by atoms with E-state index in [0.717, 1.165) is 71.0 Å². The van der Waals surface area contributed by atoms with Crippen molar-refractivity contribution in [1.82, 2.24) is 9.80 Å². The molecule has 1 amide bonds. The fourth-order valence-electron chi connectivity index (χ4n) is 3.54. The molecule has 0 unspecified atom stereocenters. The van der Waals surface area contributed by atoms with Crippen molar-refractivity contribution in [3.05, 3.63) is 22.4 Å². The molecule has 4 nitrogen and oxygen atoms in total. The average molecular weight is 337 g/mol. The Morgan fingerprint density at radius 1 is 1.22 bits per heavy atom. The molecule has 23 heavy (non-hydrogen) atoms. The Bertz CT molecular complexity index is 463. The third kappa shape index (κ3) is 5.30. The van der Waals surface area contributed by atoms with Gasteiger partial charge in [-0.1, -0.05) is 6.07 Å². The van der Waals surface area contributed by atoms with Gasteiger partial charge in [-0.3, -0.25) is 9.69 Å². The van der Waals surface area contributed by atoms with E-state index in [1.165, 1.54) is 11.4 Å². The summed E-state index contributed by atoms with van der Waals surface area (Å²) in [5.74, 6) is 1.11. The summed E-state index contributed by atoms with van der Waals surface area (Å²) < 4.78 is 5.41. The molecule has 0 bridgehead atoms. The number of hydrogen-bond acceptors (Lipinski definition) is 4. The van der Waals surface area contributed by atoms with Crippen LogP contribution >= 0.6 is 11.3 Å². The lowest BCUT2D eigenvalue weighted by Gasteiger charge is -2.36. The van der Waals surface area contributed by atoms with Crippen molar-refractivity contribution in [3.63, 3.8) is 0 Å². The summed E-state index contributed by atoms with van der Waals surface area (Å²) >= 11 is 1.79. The van der Waals surface area contributed by atoms with Gasteiger partial charge in [-0.2, -0.15) is 0 Å². The largest absolute Gasteiger partial charge is 0.379 e. The maximum Gasteiger partial charge on any atom is 0.222 e. The van der Waals surface area contributed by atoms with Gasteiger partial charge in [-0.25, -0.2) is 0 Å². The normalized spacial score (nSPS) is 20.8. The highest BCUT2D eigenvalue weighted by atomic mass is 32.1. The fraction of sp³-hybridized carbons (Fsp3) is 0.722. The zero-order valence-electron chi connectivity index (χ0n) is 13.9. The van der Waals surface area contributed by atoms with Crippen LogP contribution < -0.4 is 0 Å². The average Bonchev–Trinajstić information content (AvgIpc) is 3.10.